The Morgan fingerprint density at radius 3 is 2.92 bits per heavy atom. The molecule has 2 saturated heterocycles. The molecule has 0 saturated carbocycles. The van der Waals surface area contributed by atoms with Crippen LogP contribution in [-0.2, 0) is 4.74 Å². The number of ether oxygens (including phenoxy) is 2. The molecular formula is C18H23N5O2. The maximum atomic E-state index is 6.11. The molecule has 7 heteroatoms. The topological polar surface area (TPSA) is 63.6 Å². The minimum absolute atomic E-state index is 0.127. The molecule has 0 bridgehead atoms. The van der Waals surface area contributed by atoms with E-state index in [0.29, 0.717) is 18.4 Å². The van der Waals surface area contributed by atoms with Crippen LogP contribution in [-0.4, -0.2) is 61.0 Å². The Kier molecular flexibility index (Phi) is 4.17. The van der Waals surface area contributed by atoms with Crippen molar-refractivity contribution in [1.82, 2.24) is 15.0 Å². The summed E-state index contributed by atoms with van der Waals surface area (Å²) in [5.74, 6) is 2.91. The molecule has 0 radical (unpaired) electrons. The van der Waals surface area contributed by atoms with E-state index in [4.69, 9.17) is 9.47 Å². The van der Waals surface area contributed by atoms with Gasteiger partial charge in [-0.3, -0.25) is 0 Å². The van der Waals surface area contributed by atoms with Gasteiger partial charge in [0, 0.05) is 44.9 Å². The molecular weight excluding hydrogens is 318 g/mol. The summed E-state index contributed by atoms with van der Waals surface area (Å²) in [5, 5.41) is 0. The Morgan fingerprint density at radius 1 is 1.28 bits per heavy atom. The predicted octanol–water partition coefficient (Wildman–Crippen LogP) is 1.61. The van der Waals surface area contributed by atoms with Gasteiger partial charge in [0.2, 0.25) is 5.88 Å². The van der Waals surface area contributed by atoms with E-state index >= 15 is 0 Å². The third-order valence-electron chi connectivity index (χ3n) is 5.01. The van der Waals surface area contributed by atoms with Crippen molar-refractivity contribution in [3.63, 3.8) is 0 Å². The highest BCUT2D eigenvalue weighted by atomic mass is 16.5. The van der Waals surface area contributed by atoms with E-state index in [2.05, 4.69) is 19.9 Å². The third kappa shape index (κ3) is 3.11. The van der Waals surface area contributed by atoms with Crippen molar-refractivity contribution in [2.45, 2.75) is 12.0 Å². The van der Waals surface area contributed by atoms with Gasteiger partial charge in [-0.2, -0.15) is 0 Å². The van der Waals surface area contributed by atoms with Crippen molar-refractivity contribution in [2.75, 3.05) is 50.2 Å². The second-order valence-electron chi connectivity index (χ2n) is 6.86. The number of hydrogen-bond donors (Lipinski definition) is 0. The molecule has 4 heterocycles. The van der Waals surface area contributed by atoms with Crippen LogP contribution in [0.4, 0.5) is 11.6 Å². The molecule has 2 aliphatic heterocycles. The highest BCUT2D eigenvalue weighted by Gasteiger charge is 2.53. The highest BCUT2D eigenvalue weighted by molar-refractivity contribution is 5.52. The molecule has 2 fully saturated rings. The van der Waals surface area contributed by atoms with Crippen molar-refractivity contribution >= 4 is 11.6 Å². The molecule has 0 aliphatic carbocycles. The number of hydrogen-bond acceptors (Lipinski definition) is 7. The van der Waals surface area contributed by atoms with Crippen molar-refractivity contribution < 1.29 is 9.47 Å². The van der Waals surface area contributed by atoms with Gasteiger partial charge in [-0.05, 0) is 12.5 Å². The van der Waals surface area contributed by atoms with E-state index in [-0.39, 0.29) is 5.60 Å². The standard InChI is InChI=1S/C18H23N5O2/c1-22(2)15-9-16(21-13-20-15)23-11-18(12-23)14(6-8-25-18)10-24-17-5-3-4-7-19-17/h3-5,7,9,13-14H,6,8,10-12H2,1-2H3/t14-/m1/s1. The zero-order valence-corrected chi connectivity index (χ0v) is 14.6. The van der Waals surface area contributed by atoms with Gasteiger partial charge >= 0.3 is 0 Å². The van der Waals surface area contributed by atoms with E-state index in [1.807, 2.05) is 43.3 Å². The number of nitrogens with zero attached hydrogens (tertiary/aromatic N) is 5. The fourth-order valence-electron chi connectivity index (χ4n) is 3.50. The lowest BCUT2D eigenvalue weighted by Gasteiger charge is -2.50. The number of aromatic nitrogens is 3. The van der Waals surface area contributed by atoms with Gasteiger partial charge in [-0.15, -0.1) is 0 Å². The van der Waals surface area contributed by atoms with Crippen LogP contribution in [0.1, 0.15) is 6.42 Å². The monoisotopic (exact) mass is 341 g/mol. The average molecular weight is 341 g/mol. The fourth-order valence-corrected chi connectivity index (χ4v) is 3.50. The molecule has 0 N–H and O–H groups in total. The van der Waals surface area contributed by atoms with Gasteiger partial charge in [0.25, 0.3) is 0 Å². The highest BCUT2D eigenvalue weighted by Crippen LogP contribution is 2.41. The van der Waals surface area contributed by atoms with Crippen molar-refractivity contribution in [3.05, 3.63) is 36.8 Å². The molecule has 7 nitrogen and oxygen atoms in total. The summed E-state index contributed by atoms with van der Waals surface area (Å²) >= 11 is 0. The minimum atomic E-state index is -0.127. The van der Waals surface area contributed by atoms with E-state index in [1.54, 1.807) is 12.5 Å². The van der Waals surface area contributed by atoms with Crippen LogP contribution in [0, 0.1) is 5.92 Å². The van der Waals surface area contributed by atoms with Crippen LogP contribution in [0.2, 0.25) is 0 Å². The Bertz CT molecular complexity index is 718. The van der Waals surface area contributed by atoms with E-state index in [1.165, 1.54) is 0 Å². The van der Waals surface area contributed by atoms with Gasteiger partial charge in [0.1, 0.15) is 23.6 Å². The summed E-state index contributed by atoms with van der Waals surface area (Å²) in [5.41, 5.74) is -0.127. The minimum Gasteiger partial charge on any atom is -0.477 e. The normalized spacial score (nSPS) is 21.2. The van der Waals surface area contributed by atoms with Gasteiger partial charge in [0.05, 0.1) is 19.7 Å². The molecule has 132 valence electrons. The van der Waals surface area contributed by atoms with Crippen molar-refractivity contribution in [1.29, 1.82) is 0 Å². The lowest BCUT2D eigenvalue weighted by molar-refractivity contribution is -0.0529. The summed E-state index contributed by atoms with van der Waals surface area (Å²) in [6.07, 6.45) is 4.39. The second-order valence-corrected chi connectivity index (χ2v) is 6.86. The first-order chi connectivity index (χ1) is 12.2. The predicted molar refractivity (Wildman–Crippen MR) is 95.1 cm³/mol. The largest absolute Gasteiger partial charge is 0.477 e. The molecule has 25 heavy (non-hydrogen) atoms. The van der Waals surface area contributed by atoms with Crippen LogP contribution >= 0.6 is 0 Å². The van der Waals surface area contributed by atoms with Crippen LogP contribution in [0.15, 0.2) is 36.8 Å². The summed E-state index contributed by atoms with van der Waals surface area (Å²) in [4.78, 5) is 17.1. The molecule has 1 spiro atoms. The molecule has 2 aromatic rings. The summed E-state index contributed by atoms with van der Waals surface area (Å²) in [6.45, 7) is 3.11. The Balaban J connectivity index is 1.39. The average Bonchev–Trinajstić information content (AvgIpc) is 3.03. The zero-order chi connectivity index (χ0) is 17.3. The number of pyridine rings is 1. The summed E-state index contributed by atoms with van der Waals surface area (Å²) < 4.78 is 12.0. The number of anilines is 2. The SMILES string of the molecule is CN(C)c1cc(N2CC3(C2)OCC[C@@H]3COc2ccccn2)ncn1. The van der Waals surface area contributed by atoms with Crippen LogP contribution in [0.5, 0.6) is 5.88 Å². The van der Waals surface area contributed by atoms with Crippen molar-refractivity contribution in [2.24, 2.45) is 5.92 Å². The van der Waals surface area contributed by atoms with E-state index < -0.39 is 0 Å². The molecule has 2 aliphatic rings. The van der Waals surface area contributed by atoms with Gasteiger partial charge < -0.3 is 19.3 Å². The zero-order valence-electron chi connectivity index (χ0n) is 14.6. The van der Waals surface area contributed by atoms with Gasteiger partial charge in [-0.25, -0.2) is 15.0 Å². The Morgan fingerprint density at radius 2 is 2.16 bits per heavy atom. The first kappa shape index (κ1) is 16.1. The fraction of sp³-hybridized carbons (Fsp3) is 0.500. The maximum absolute atomic E-state index is 6.11. The lowest BCUT2D eigenvalue weighted by Crippen LogP contribution is -2.65. The van der Waals surface area contributed by atoms with E-state index in [9.17, 15) is 0 Å². The second kappa shape index (κ2) is 6.48. The molecule has 4 rings (SSSR count). The summed E-state index contributed by atoms with van der Waals surface area (Å²) in [6, 6.07) is 7.73. The van der Waals surface area contributed by atoms with Gasteiger partial charge in [-0.1, -0.05) is 6.07 Å². The van der Waals surface area contributed by atoms with Crippen LogP contribution in [0.3, 0.4) is 0 Å². The van der Waals surface area contributed by atoms with E-state index in [0.717, 1.165) is 37.8 Å². The molecule has 0 aromatic carbocycles. The van der Waals surface area contributed by atoms with Gasteiger partial charge in [0.15, 0.2) is 0 Å². The smallest absolute Gasteiger partial charge is 0.213 e. The number of rotatable bonds is 5. The lowest BCUT2D eigenvalue weighted by atomic mass is 9.81. The Labute approximate surface area is 147 Å². The first-order valence-electron chi connectivity index (χ1n) is 8.58. The molecule has 1 atom stereocenters. The quantitative estimate of drug-likeness (QED) is 0.819. The summed E-state index contributed by atoms with van der Waals surface area (Å²) in [7, 11) is 3.96. The maximum Gasteiger partial charge on any atom is 0.213 e. The third-order valence-corrected chi connectivity index (χ3v) is 5.01. The molecule has 2 aromatic heterocycles. The van der Waals surface area contributed by atoms with Crippen LogP contribution < -0.4 is 14.5 Å². The van der Waals surface area contributed by atoms with Crippen molar-refractivity contribution in [3.8, 4) is 5.88 Å². The first-order valence-corrected chi connectivity index (χ1v) is 8.58. The van der Waals surface area contributed by atoms with Crippen LogP contribution in [0.25, 0.3) is 0 Å². The molecule has 0 unspecified atom stereocenters. The molecule has 0 amide bonds. The Hall–Kier alpha value is -2.41.